The van der Waals surface area contributed by atoms with Crippen molar-refractivity contribution >= 4 is 5.97 Å². The van der Waals surface area contributed by atoms with E-state index in [4.69, 9.17) is 5.11 Å². The molecule has 1 aromatic heterocycles. The maximum atomic E-state index is 10.5. The van der Waals surface area contributed by atoms with Gasteiger partial charge in [-0.1, -0.05) is 82.2 Å². The van der Waals surface area contributed by atoms with E-state index in [1.54, 1.807) is 0 Å². The van der Waals surface area contributed by atoms with Crippen molar-refractivity contribution < 1.29 is 9.90 Å². The first-order chi connectivity index (χ1) is 14.2. The summed E-state index contributed by atoms with van der Waals surface area (Å²) in [6.07, 6.45) is 16.5. The highest BCUT2D eigenvalue weighted by molar-refractivity contribution is 5.66. The highest BCUT2D eigenvalue weighted by Crippen LogP contribution is 2.20. The van der Waals surface area contributed by atoms with Crippen molar-refractivity contribution in [2.45, 2.75) is 90.4 Å². The number of nitrogens with zero attached hydrogens (tertiary/aromatic N) is 1. The SMILES string of the molecule is CCCCCCCCc1ccc(-c2ccc(CCCCCCC(=O)O)cc2)nc1. The van der Waals surface area contributed by atoms with Crippen molar-refractivity contribution in [1.82, 2.24) is 4.98 Å². The van der Waals surface area contributed by atoms with Crippen molar-refractivity contribution in [1.29, 1.82) is 0 Å². The monoisotopic (exact) mass is 395 g/mol. The van der Waals surface area contributed by atoms with Crippen LogP contribution in [0.4, 0.5) is 0 Å². The number of hydrogen-bond acceptors (Lipinski definition) is 2. The molecule has 158 valence electrons. The number of carboxylic acids is 1. The van der Waals surface area contributed by atoms with Crippen LogP contribution in [0, 0.1) is 0 Å². The van der Waals surface area contributed by atoms with E-state index in [-0.39, 0.29) is 0 Å². The first kappa shape index (κ1) is 23.1. The predicted octanol–water partition coefficient (Wildman–Crippen LogP) is 7.23. The maximum Gasteiger partial charge on any atom is 0.303 e. The smallest absolute Gasteiger partial charge is 0.303 e. The third kappa shape index (κ3) is 9.74. The summed E-state index contributed by atoms with van der Waals surface area (Å²) in [6, 6.07) is 13.1. The molecular weight excluding hydrogens is 358 g/mol. The van der Waals surface area contributed by atoms with E-state index in [1.165, 1.54) is 55.2 Å². The molecule has 1 aromatic carbocycles. The molecule has 29 heavy (non-hydrogen) atoms. The molecule has 2 aromatic rings. The van der Waals surface area contributed by atoms with Crippen molar-refractivity contribution in [2.24, 2.45) is 0 Å². The number of benzene rings is 1. The first-order valence-corrected chi connectivity index (χ1v) is 11.4. The van der Waals surface area contributed by atoms with Gasteiger partial charge in [-0.15, -0.1) is 0 Å². The second-order valence-corrected chi connectivity index (χ2v) is 8.07. The molecule has 1 heterocycles. The Morgan fingerprint density at radius 3 is 1.97 bits per heavy atom. The highest BCUT2D eigenvalue weighted by atomic mass is 16.4. The molecule has 0 aliphatic heterocycles. The maximum absolute atomic E-state index is 10.5. The van der Waals surface area contributed by atoms with E-state index in [1.807, 2.05) is 6.20 Å². The summed E-state index contributed by atoms with van der Waals surface area (Å²) in [5.41, 5.74) is 4.88. The van der Waals surface area contributed by atoms with E-state index in [2.05, 4.69) is 48.3 Å². The molecular formula is C26H37NO2. The summed E-state index contributed by atoms with van der Waals surface area (Å²) in [7, 11) is 0. The van der Waals surface area contributed by atoms with Crippen LogP contribution in [0.5, 0.6) is 0 Å². The van der Waals surface area contributed by atoms with Gasteiger partial charge in [0.25, 0.3) is 0 Å². The molecule has 0 spiro atoms. The first-order valence-electron chi connectivity index (χ1n) is 11.4. The Labute approximate surface area is 176 Å². The van der Waals surface area contributed by atoms with Gasteiger partial charge in [0.1, 0.15) is 0 Å². The van der Waals surface area contributed by atoms with Crippen molar-refractivity contribution in [3.8, 4) is 11.3 Å². The molecule has 0 bridgehead atoms. The molecule has 0 unspecified atom stereocenters. The molecule has 0 fully saturated rings. The molecule has 1 N–H and O–H groups in total. The van der Waals surface area contributed by atoms with Gasteiger partial charge >= 0.3 is 5.97 Å². The minimum atomic E-state index is -0.690. The molecule has 2 rings (SSSR count). The number of aryl methyl sites for hydroxylation is 2. The fourth-order valence-electron chi connectivity index (χ4n) is 3.65. The van der Waals surface area contributed by atoms with Gasteiger partial charge in [-0.05, 0) is 49.3 Å². The minimum Gasteiger partial charge on any atom is -0.481 e. The Morgan fingerprint density at radius 2 is 1.34 bits per heavy atom. The standard InChI is InChI=1S/C26H37NO2/c1-2-3-4-5-6-10-13-23-17-20-25(27-21-23)24-18-15-22(16-19-24)12-9-7-8-11-14-26(28)29/h15-21H,2-14H2,1H3,(H,28,29). The fourth-order valence-corrected chi connectivity index (χ4v) is 3.65. The van der Waals surface area contributed by atoms with Gasteiger partial charge in [0, 0.05) is 18.2 Å². The fraction of sp³-hybridized carbons (Fsp3) is 0.538. The number of pyridine rings is 1. The normalized spacial score (nSPS) is 10.9. The molecule has 0 aliphatic carbocycles. The molecule has 3 nitrogen and oxygen atoms in total. The van der Waals surface area contributed by atoms with Gasteiger partial charge in [-0.25, -0.2) is 0 Å². The summed E-state index contributed by atoms with van der Waals surface area (Å²) in [6.45, 7) is 2.26. The number of carbonyl (C=O) groups is 1. The lowest BCUT2D eigenvalue weighted by Crippen LogP contribution is -1.94. The van der Waals surface area contributed by atoms with Crippen LogP contribution < -0.4 is 0 Å². The Kier molecular flexibility index (Phi) is 11.1. The van der Waals surface area contributed by atoms with Crippen LogP contribution in [-0.4, -0.2) is 16.1 Å². The Bertz CT molecular complexity index is 692. The van der Waals surface area contributed by atoms with Gasteiger partial charge in [-0.2, -0.15) is 0 Å². The number of aromatic nitrogens is 1. The molecule has 0 saturated carbocycles. The molecule has 0 radical (unpaired) electrons. The summed E-state index contributed by atoms with van der Waals surface area (Å²) < 4.78 is 0. The summed E-state index contributed by atoms with van der Waals surface area (Å²) >= 11 is 0. The Morgan fingerprint density at radius 1 is 0.759 bits per heavy atom. The lowest BCUT2D eigenvalue weighted by Gasteiger charge is -2.06. The third-order valence-corrected chi connectivity index (χ3v) is 5.50. The largest absolute Gasteiger partial charge is 0.481 e. The summed E-state index contributed by atoms with van der Waals surface area (Å²) in [4.78, 5) is 15.2. The highest BCUT2D eigenvalue weighted by Gasteiger charge is 2.02. The molecule has 0 saturated heterocycles. The average Bonchev–Trinajstić information content (AvgIpc) is 2.74. The van der Waals surface area contributed by atoms with Crippen LogP contribution in [-0.2, 0) is 17.6 Å². The lowest BCUT2D eigenvalue weighted by atomic mass is 10.0. The minimum absolute atomic E-state index is 0.291. The van der Waals surface area contributed by atoms with Crippen molar-refractivity contribution in [2.75, 3.05) is 0 Å². The van der Waals surface area contributed by atoms with E-state index in [0.29, 0.717) is 6.42 Å². The van der Waals surface area contributed by atoms with Gasteiger partial charge in [0.05, 0.1) is 5.69 Å². The van der Waals surface area contributed by atoms with Gasteiger partial charge in [-0.3, -0.25) is 9.78 Å². The lowest BCUT2D eigenvalue weighted by molar-refractivity contribution is -0.137. The van der Waals surface area contributed by atoms with Gasteiger partial charge in [0.15, 0.2) is 0 Å². The van der Waals surface area contributed by atoms with Crippen molar-refractivity contribution in [3.63, 3.8) is 0 Å². The molecule has 0 aliphatic rings. The van der Waals surface area contributed by atoms with E-state index >= 15 is 0 Å². The number of rotatable bonds is 15. The van der Waals surface area contributed by atoms with Gasteiger partial charge < -0.3 is 5.11 Å². The van der Waals surface area contributed by atoms with Gasteiger partial charge in [0.2, 0.25) is 0 Å². The van der Waals surface area contributed by atoms with Crippen molar-refractivity contribution in [3.05, 3.63) is 53.7 Å². The number of carboxylic acid groups (broad SMARTS) is 1. The van der Waals surface area contributed by atoms with Crippen LogP contribution in [0.1, 0.15) is 88.7 Å². The van der Waals surface area contributed by atoms with E-state index < -0.39 is 5.97 Å². The Balaban J connectivity index is 1.70. The average molecular weight is 396 g/mol. The van der Waals surface area contributed by atoms with E-state index in [0.717, 1.165) is 44.2 Å². The van der Waals surface area contributed by atoms with Crippen LogP contribution in [0.15, 0.2) is 42.6 Å². The Hall–Kier alpha value is -2.16. The third-order valence-electron chi connectivity index (χ3n) is 5.50. The zero-order valence-electron chi connectivity index (χ0n) is 18.0. The quantitative estimate of drug-likeness (QED) is 0.324. The summed E-state index contributed by atoms with van der Waals surface area (Å²) in [5.74, 6) is -0.690. The van der Waals surface area contributed by atoms with Crippen LogP contribution in [0.2, 0.25) is 0 Å². The van der Waals surface area contributed by atoms with Crippen LogP contribution >= 0.6 is 0 Å². The van der Waals surface area contributed by atoms with E-state index in [9.17, 15) is 4.79 Å². The zero-order valence-corrected chi connectivity index (χ0v) is 18.0. The number of aliphatic carboxylic acids is 1. The molecule has 0 amide bonds. The topological polar surface area (TPSA) is 50.2 Å². The van der Waals surface area contributed by atoms with Crippen LogP contribution in [0.3, 0.4) is 0 Å². The second-order valence-electron chi connectivity index (χ2n) is 8.07. The number of unbranched alkanes of at least 4 members (excludes halogenated alkanes) is 8. The predicted molar refractivity (Wildman–Crippen MR) is 121 cm³/mol. The summed E-state index contributed by atoms with van der Waals surface area (Å²) in [5, 5.41) is 8.65. The second kappa shape index (κ2) is 13.9. The van der Waals surface area contributed by atoms with Crippen LogP contribution in [0.25, 0.3) is 11.3 Å². The molecule has 0 atom stereocenters. The molecule has 3 heteroatoms. The number of hydrogen-bond donors (Lipinski definition) is 1. The zero-order chi connectivity index (χ0) is 20.7.